The molecule has 0 aromatic carbocycles. The first-order valence-corrected chi connectivity index (χ1v) is 6.80. The molecule has 6 heteroatoms. The summed E-state index contributed by atoms with van der Waals surface area (Å²) in [4.78, 5) is 14.2. The molecule has 0 bridgehead atoms. The topological polar surface area (TPSA) is 70.2 Å². The number of nitrogens with one attached hydrogen (secondary N) is 2. The molecule has 0 spiro atoms. The summed E-state index contributed by atoms with van der Waals surface area (Å²) in [5.41, 5.74) is 1.45. The van der Waals surface area contributed by atoms with Crippen LogP contribution >= 0.6 is 0 Å². The number of carbonyl (C=O) groups excluding carboxylic acids is 1. The van der Waals surface area contributed by atoms with Crippen LogP contribution < -0.4 is 5.32 Å². The first kappa shape index (κ1) is 14.0. The van der Waals surface area contributed by atoms with Crippen molar-refractivity contribution >= 4 is 5.91 Å². The Bertz CT molecular complexity index is 411. The molecule has 0 unspecified atom stereocenters. The molecule has 1 fully saturated rings. The van der Waals surface area contributed by atoms with Gasteiger partial charge in [0, 0.05) is 31.9 Å². The maximum absolute atomic E-state index is 11.9. The average molecular weight is 266 g/mol. The Morgan fingerprint density at radius 1 is 1.53 bits per heavy atom. The Kier molecular flexibility index (Phi) is 4.93. The Morgan fingerprint density at radius 3 is 2.89 bits per heavy atom. The monoisotopic (exact) mass is 266 g/mol. The van der Waals surface area contributed by atoms with E-state index in [-0.39, 0.29) is 5.91 Å². The van der Waals surface area contributed by atoms with Crippen LogP contribution in [0.5, 0.6) is 0 Å². The van der Waals surface area contributed by atoms with Gasteiger partial charge in [0.25, 0.3) is 5.91 Å². The summed E-state index contributed by atoms with van der Waals surface area (Å²) in [5, 5.41) is 9.81. The summed E-state index contributed by atoms with van der Waals surface area (Å²) in [6, 6.07) is 1.81. The fourth-order valence-electron chi connectivity index (χ4n) is 1.99. The molecular weight excluding hydrogens is 244 g/mol. The number of aromatic amines is 1. The molecule has 0 radical (unpaired) electrons. The molecule has 1 aliphatic heterocycles. The molecule has 0 aliphatic carbocycles. The minimum atomic E-state index is -0.114. The summed E-state index contributed by atoms with van der Waals surface area (Å²) in [5.74, 6) is 0.235. The van der Waals surface area contributed by atoms with E-state index < -0.39 is 0 Å². The number of ether oxygens (including phenoxy) is 1. The van der Waals surface area contributed by atoms with E-state index >= 15 is 0 Å². The standard InChI is InChI=1S/C13H22N4O2/c1-10(2)11-9-12(16-15-11)13(18)14-3-4-17-5-7-19-8-6-17/h9-10H,3-8H2,1-2H3,(H,14,18)(H,15,16). The quantitative estimate of drug-likeness (QED) is 0.818. The van der Waals surface area contributed by atoms with Crippen LogP contribution in [-0.2, 0) is 4.74 Å². The fraction of sp³-hybridized carbons (Fsp3) is 0.692. The number of nitrogens with zero attached hydrogens (tertiary/aromatic N) is 2. The van der Waals surface area contributed by atoms with Crippen molar-refractivity contribution in [3.8, 4) is 0 Å². The minimum absolute atomic E-state index is 0.114. The molecular formula is C13H22N4O2. The minimum Gasteiger partial charge on any atom is -0.379 e. The number of hydrogen-bond acceptors (Lipinski definition) is 4. The van der Waals surface area contributed by atoms with Gasteiger partial charge in [-0.05, 0) is 12.0 Å². The lowest BCUT2D eigenvalue weighted by Crippen LogP contribution is -2.41. The molecule has 2 N–H and O–H groups in total. The summed E-state index contributed by atoms with van der Waals surface area (Å²) in [6.07, 6.45) is 0. The second-order valence-corrected chi connectivity index (χ2v) is 5.07. The molecule has 19 heavy (non-hydrogen) atoms. The van der Waals surface area contributed by atoms with Gasteiger partial charge in [-0.25, -0.2) is 0 Å². The number of morpholine rings is 1. The van der Waals surface area contributed by atoms with E-state index in [0.29, 0.717) is 18.2 Å². The zero-order chi connectivity index (χ0) is 13.7. The van der Waals surface area contributed by atoms with E-state index in [0.717, 1.165) is 38.5 Å². The predicted octanol–water partition coefficient (Wildman–Crippen LogP) is 0.595. The third kappa shape index (κ3) is 4.04. The van der Waals surface area contributed by atoms with E-state index in [9.17, 15) is 4.79 Å². The van der Waals surface area contributed by atoms with Crippen LogP contribution in [0.25, 0.3) is 0 Å². The average Bonchev–Trinajstić information content (AvgIpc) is 2.89. The SMILES string of the molecule is CC(C)c1cc(C(=O)NCCN2CCOCC2)n[nH]1. The van der Waals surface area contributed by atoms with E-state index in [1.807, 2.05) is 6.07 Å². The molecule has 2 rings (SSSR count). The number of carbonyl (C=O) groups is 1. The predicted molar refractivity (Wildman–Crippen MR) is 72.3 cm³/mol. The van der Waals surface area contributed by atoms with Crippen molar-refractivity contribution in [1.29, 1.82) is 0 Å². The van der Waals surface area contributed by atoms with E-state index in [1.54, 1.807) is 0 Å². The van der Waals surface area contributed by atoms with Gasteiger partial charge in [-0.2, -0.15) is 5.10 Å². The van der Waals surface area contributed by atoms with Crippen molar-refractivity contribution in [2.75, 3.05) is 39.4 Å². The van der Waals surface area contributed by atoms with Crippen LogP contribution in [-0.4, -0.2) is 60.4 Å². The summed E-state index contributed by atoms with van der Waals surface area (Å²) >= 11 is 0. The van der Waals surface area contributed by atoms with Crippen LogP contribution in [0, 0.1) is 0 Å². The molecule has 2 heterocycles. The Balaban J connectivity index is 1.74. The maximum atomic E-state index is 11.9. The molecule has 0 atom stereocenters. The third-order valence-electron chi connectivity index (χ3n) is 3.27. The van der Waals surface area contributed by atoms with E-state index in [4.69, 9.17) is 4.74 Å². The van der Waals surface area contributed by atoms with Gasteiger partial charge >= 0.3 is 0 Å². The highest BCUT2D eigenvalue weighted by atomic mass is 16.5. The van der Waals surface area contributed by atoms with Gasteiger partial charge in [0.1, 0.15) is 5.69 Å². The van der Waals surface area contributed by atoms with Crippen molar-refractivity contribution in [3.05, 3.63) is 17.5 Å². The van der Waals surface area contributed by atoms with Crippen LogP contribution in [0.4, 0.5) is 0 Å². The van der Waals surface area contributed by atoms with Crippen molar-refractivity contribution in [2.24, 2.45) is 0 Å². The summed E-state index contributed by atoms with van der Waals surface area (Å²) in [7, 11) is 0. The van der Waals surface area contributed by atoms with Gasteiger partial charge < -0.3 is 10.1 Å². The largest absolute Gasteiger partial charge is 0.379 e. The summed E-state index contributed by atoms with van der Waals surface area (Å²) < 4.78 is 5.28. The highest BCUT2D eigenvalue weighted by molar-refractivity contribution is 5.92. The smallest absolute Gasteiger partial charge is 0.271 e. The molecule has 1 aromatic rings. The lowest BCUT2D eigenvalue weighted by atomic mass is 10.1. The molecule has 1 amide bonds. The summed E-state index contributed by atoms with van der Waals surface area (Å²) in [6.45, 7) is 9.07. The van der Waals surface area contributed by atoms with E-state index in [2.05, 4.69) is 34.3 Å². The number of H-pyrrole nitrogens is 1. The Labute approximate surface area is 113 Å². The van der Waals surface area contributed by atoms with Crippen molar-refractivity contribution in [2.45, 2.75) is 19.8 Å². The van der Waals surface area contributed by atoms with Gasteiger partial charge in [-0.15, -0.1) is 0 Å². The Morgan fingerprint density at radius 2 is 2.26 bits per heavy atom. The molecule has 1 saturated heterocycles. The second kappa shape index (κ2) is 6.68. The molecule has 1 aromatic heterocycles. The van der Waals surface area contributed by atoms with Gasteiger partial charge in [0.15, 0.2) is 0 Å². The molecule has 6 nitrogen and oxygen atoms in total. The fourth-order valence-corrected chi connectivity index (χ4v) is 1.99. The zero-order valence-electron chi connectivity index (χ0n) is 11.6. The lowest BCUT2D eigenvalue weighted by molar-refractivity contribution is 0.0383. The molecule has 106 valence electrons. The second-order valence-electron chi connectivity index (χ2n) is 5.07. The highest BCUT2D eigenvalue weighted by Crippen LogP contribution is 2.11. The van der Waals surface area contributed by atoms with Crippen molar-refractivity contribution in [3.63, 3.8) is 0 Å². The molecule has 1 aliphatic rings. The van der Waals surface area contributed by atoms with Crippen LogP contribution in [0.1, 0.15) is 35.9 Å². The lowest BCUT2D eigenvalue weighted by Gasteiger charge is -2.26. The number of amides is 1. The zero-order valence-corrected chi connectivity index (χ0v) is 11.6. The highest BCUT2D eigenvalue weighted by Gasteiger charge is 2.13. The maximum Gasteiger partial charge on any atom is 0.271 e. The van der Waals surface area contributed by atoms with Crippen molar-refractivity contribution in [1.82, 2.24) is 20.4 Å². The van der Waals surface area contributed by atoms with Crippen LogP contribution in [0.2, 0.25) is 0 Å². The molecule has 0 saturated carbocycles. The van der Waals surface area contributed by atoms with E-state index in [1.165, 1.54) is 0 Å². The van der Waals surface area contributed by atoms with Gasteiger partial charge in [0.05, 0.1) is 13.2 Å². The number of rotatable bonds is 5. The Hall–Kier alpha value is -1.40. The normalized spacial score (nSPS) is 16.8. The van der Waals surface area contributed by atoms with Gasteiger partial charge in [-0.1, -0.05) is 13.8 Å². The van der Waals surface area contributed by atoms with Crippen molar-refractivity contribution < 1.29 is 9.53 Å². The van der Waals surface area contributed by atoms with Gasteiger partial charge in [-0.3, -0.25) is 14.8 Å². The number of aromatic nitrogens is 2. The number of hydrogen-bond donors (Lipinski definition) is 2. The van der Waals surface area contributed by atoms with Crippen LogP contribution in [0.15, 0.2) is 6.07 Å². The van der Waals surface area contributed by atoms with Gasteiger partial charge in [0.2, 0.25) is 0 Å². The first-order valence-electron chi connectivity index (χ1n) is 6.80. The third-order valence-corrected chi connectivity index (χ3v) is 3.27. The van der Waals surface area contributed by atoms with Crippen LogP contribution in [0.3, 0.4) is 0 Å². The first-order chi connectivity index (χ1) is 9.16.